The summed E-state index contributed by atoms with van der Waals surface area (Å²) >= 11 is 0. The third-order valence-corrected chi connectivity index (χ3v) is 15.7. The number of benzene rings is 2. The Kier molecular flexibility index (Phi) is 22.1. The van der Waals surface area contributed by atoms with Crippen molar-refractivity contribution < 1.29 is 14.3 Å². The highest BCUT2D eigenvalue weighted by Crippen LogP contribution is 2.36. The van der Waals surface area contributed by atoms with E-state index in [1.54, 1.807) is 35.5 Å². The van der Waals surface area contributed by atoms with E-state index in [-0.39, 0.29) is 22.6 Å². The molecule has 3 aliphatic rings. The number of carbonyl (C=O) groups excluding carboxylic acids is 2. The van der Waals surface area contributed by atoms with Crippen molar-refractivity contribution in [3.63, 3.8) is 0 Å². The van der Waals surface area contributed by atoms with Crippen LogP contribution in [-0.2, 0) is 39.7 Å². The molecule has 2 aromatic carbocycles. The summed E-state index contributed by atoms with van der Waals surface area (Å²) in [5.41, 5.74) is 18.9. The molecule has 0 amide bonds. The maximum absolute atomic E-state index is 11.3. The van der Waals surface area contributed by atoms with E-state index >= 15 is 0 Å². The van der Waals surface area contributed by atoms with E-state index < -0.39 is 0 Å². The van der Waals surface area contributed by atoms with E-state index in [0.717, 1.165) is 45.5 Å². The largest absolute Gasteiger partial charge is 0.424 e. The van der Waals surface area contributed by atoms with E-state index in [4.69, 9.17) is 4.74 Å². The molecule has 0 fully saturated rings. The van der Waals surface area contributed by atoms with Crippen molar-refractivity contribution in [3.05, 3.63) is 233 Å². The fraction of sp³-hybridized carbons (Fsp3) is 0.342. The van der Waals surface area contributed by atoms with Gasteiger partial charge >= 0.3 is 5.97 Å². The molecule has 14 nitrogen and oxygen atoms in total. The van der Waals surface area contributed by atoms with Crippen molar-refractivity contribution in [1.29, 1.82) is 0 Å². The van der Waals surface area contributed by atoms with Gasteiger partial charge in [-0.05, 0) is 143 Å². The molecule has 0 unspecified atom stereocenters. The summed E-state index contributed by atoms with van der Waals surface area (Å²) in [6.45, 7) is 34.7. The Morgan fingerprint density at radius 3 is 1.71 bits per heavy atom. The van der Waals surface area contributed by atoms with E-state index in [1.165, 1.54) is 55.5 Å². The predicted octanol–water partition coefficient (Wildman–Crippen LogP) is 17.4. The van der Waals surface area contributed by atoms with Crippen LogP contribution < -0.4 is 4.74 Å². The van der Waals surface area contributed by atoms with Gasteiger partial charge in [0.1, 0.15) is 6.33 Å². The number of fused-ring (bicyclic) bond motifs is 7. The lowest BCUT2D eigenvalue weighted by atomic mass is 9.82. The van der Waals surface area contributed by atoms with Crippen LogP contribution in [0.4, 0.5) is 0 Å². The highest BCUT2D eigenvalue weighted by molar-refractivity contribution is 5.98. The Hall–Kier alpha value is -9.30. The van der Waals surface area contributed by atoms with Crippen LogP contribution in [0.25, 0.3) is 45.1 Å². The number of para-hydroxylation sites is 3. The van der Waals surface area contributed by atoms with Gasteiger partial charge in [-0.25, -0.2) is 19.0 Å². The van der Waals surface area contributed by atoms with Crippen LogP contribution in [0.2, 0.25) is 0 Å². The highest BCUT2D eigenvalue weighted by atomic mass is 16.5. The van der Waals surface area contributed by atoms with Gasteiger partial charge in [0, 0.05) is 77.3 Å². The van der Waals surface area contributed by atoms with Gasteiger partial charge in [0.05, 0.1) is 76.2 Å². The number of rotatable bonds is 5. The van der Waals surface area contributed by atoms with Gasteiger partial charge in [-0.15, -0.1) is 0 Å². The number of nitrogens with zero attached hydrogens (tertiary/aromatic N) is 11. The van der Waals surface area contributed by atoms with Crippen LogP contribution in [0.3, 0.4) is 0 Å². The molecule has 90 heavy (non-hydrogen) atoms. The van der Waals surface area contributed by atoms with Gasteiger partial charge in [0.15, 0.2) is 11.5 Å². The smallest absolute Gasteiger partial charge is 0.317 e. The van der Waals surface area contributed by atoms with Crippen molar-refractivity contribution in [2.24, 2.45) is 0 Å². The van der Waals surface area contributed by atoms with Crippen molar-refractivity contribution in [1.82, 2.24) is 53.7 Å². The standard InChI is InChI=1S/C13H15NO.C12H13N.C11H13NO2.C11H13N.2C10H12N2.C9H11N3/c1-13(2,3)11-6-7-14-12-8-9(15)4-5-10(11)12;1-9(2)10-7-8-13-12-6-4-3-5-11(10)12;1-11(2,3)7-4-5-12-8-6-9(13)14-10(7)8;1-8(2)9-6-7-12-11-5-3-4-10(9)11;1-8(2)9-7-11-12-6-4-3-5-10(9)12;1-8(2)12-7-11-9-5-3-4-6-10(9)12;1-7(2)8-5-11-12-6-10-4-3-9(8)12/h4-7H,8H2,1-3H3;3-9H,1-2H3;4-5H,6H2,1-3H3;3-4,6-8H,5H2,1-2H3;2*3-8H,1-2H3;3-7H,1-2H3. The summed E-state index contributed by atoms with van der Waals surface area (Å²) < 4.78 is 11.1. The van der Waals surface area contributed by atoms with Crippen LogP contribution in [0.5, 0.6) is 5.75 Å². The summed E-state index contributed by atoms with van der Waals surface area (Å²) in [6, 6.07) is 33.3. The summed E-state index contributed by atoms with van der Waals surface area (Å²) in [5, 5.41) is 9.73. The lowest BCUT2D eigenvalue weighted by Crippen LogP contribution is -2.17. The molecular formula is C76H89N11O3. The highest BCUT2D eigenvalue weighted by Gasteiger charge is 2.29. The number of allylic oxidation sites excluding steroid dienone is 2. The minimum Gasteiger partial charge on any atom is -0.424 e. The van der Waals surface area contributed by atoms with E-state index in [0.29, 0.717) is 48.3 Å². The Balaban J connectivity index is 0.000000136. The average Bonchev–Trinajstić information content (AvgIpc) is 2.44. The van der Waals surface area contributed by atoms with Crippen molar-refractivity contribution >= 4 is 56.9 Å². The molecule has 0 saturated carbocycles. The van der Waals surface area contributed by atoms with E-state index in [9.17, 15) is 9.59 Å². The Morgan fingerprint density at radius 1 is 0.467 bits per heavy atom. The van der Waals surface area contributed by atoms with Crippen molar-refractivity contribution in [3.8, 4) is 5.75 Å². The summed E-state index contributed by atoms with van der Waals surface area (Å²) in [7, 11) is 0. The monoisotopic (exact) mass is 1200 g/mol. The molecule has 0 saturated heterocycles. The first-order valence-electron chi connectivity index (χ1n) is 31.4. The molecular weight excluding hydrogens is 1110 g/mol. The summed E-state index contributed by atoms with van der Waals surface area (Å²) in [5.74, 6) is 2.84. The average molecular weight is 1200 g/mol. The number of hydrogen-bond donors (Lipinski definition) is 0. The van der Waals surface area contributed by atoms with Gasteiger partial charge in [0.25, 0.3) is 0 Å². The molecule has 0 N–H and O–H groups in total. The molecule has 11 aromatic rings. The Labute approximate surface area is 531 Å². The number of aromatic nitrogens is 11. The second-order valence-electron chi connectivity index (χ2n) is 26.3. The minimum absolute atomic E-state index is 0.0162. The maximum atomic E-state index is 11.3. The minimum atomic E-state index is -0.204. The van der Waals surface area contributed by atoms with Gasteiger partial charge in [-0.2, -0.15) is 10.2 Å². The maximum Gasteiger partial charge on any atom is 0.317 e. The lowest BCUT2D eigenvalue weighted by molar-refractivity contribution is -0.132. The summed E-state index contributed by atoms with van der Waals surface area (Å²) in [4.78, 5) is 47.7. The van der Waals surface area contributed by atoms with E-state index in [2.05, 4.69) is 210 Å². The van der Waals surface area contributed by atoms with Crippen LogP contribution in [0, 0.1) is 0 Å². The lowest BCUT2D eigenvalue weighted by Gasteiger charge is -2.24. The molecule has 466 valence electrons. The molecule has 1 aliphatic heterocycles. The third-order valence-electron chi connectivity index (χ3n) is 15.7. The molecule has 14 heteroatoms. The fourth-order valence-corrected chi connectivity index (χ4v) is 10.9. The number of ether oxygens (including phenoxy) is 1. The zero-order chi connectivity index (χ0) is 64.9. The number of imidazole rings is 1. The van der Waals surface area contributed by atoms with Gasteiger partial charge < -0.3 is 9.30 Å². The molecule has 2 aliphatic carbocycles. The van der Waals surface area contributed by atoms with Gasteiger partial charge in [-0.3, -0.25) is 29.5 Å². The number of esters is 1. The first kappa shape index (κ1) is 66.6. The quantitative estimate of drug-likeness (QED) is 0.151. The van der Waals surface area contributed by atoms with E-state index in [1.807, 2.05) is 103 Å². The summed E-state index contributed by atoms with van der Waals surface area (Å²) in [6.07, 6.45) is 28.3. The molecule has 0 bridgehead atoms. The predicted molar refractivity (Wildman–Crippen MR) is 366 cm³/mol. The fourth-order valence-electron chi connectivity index (χ4n) is 10.9. The topological polar surface area (TPSA) is 160 Å². The second-order valence-corrected chi connectivity index (χ2v) is 26.3. The van der Waals surface area contributed by atoms with Crippen molar-refractivity contribution in [2.45, 2.75) is 171 Å². The molecule has 10 heterocycles. The van der Waals surface area contributed by atoms with Crippen LogP contribution in [-0.4, -0.2) is 65.5 Å². The Bertz CT molecular complexity index is 4090. The van der Waals surface area contributed by atoms with Gasteiger partial charge in [0.2, 0.25) is 0 Å². The zero-order valence-electron chi connectivity index (χ0n) is 55.5. The first-order chi connectivity index (χ1) is 42.9. The number of pyridine rings is 5. The van der Waals surface area contributed by atoms with Crippen LogP contribution >= 0.6 is 0 Å². The first-order valence-corrected chi connectivity index (χ1v) is 31.4. The molecule has 0 atom stereocenters. The third kappa shape index (κ3) is 16.7. The molecule has 9 aromatic heterocycles. The van der Waals surface area contributed by atoms with Crippen molar-refractivity contribution in [2.75, 3.05) is 0 Å². The number of carbonyl (C=O) groups is 2. The zero-order valence-corrected chi connectivity index (χ0v) is 55.5. The van der Waals surface area contributed by atoms with Gasteiger partial charge in [-0.1, -0.05) is 145 Å². The second kappa shape index (κ2) is 29.8. The number of hydrogen-bond acceptors (Lipinski definition) is 11. The normalized spacial score (nSPS) is 12.9. The Morgan fingerprint density at radius 2 is 1.03 bits per heavy atom. The SMILES string of the molecule is CC(C)(C)c1ccnc2c1C=CC(=O)C2.CC(C)(C)c1ccnc2c1OC(=O)C2.CC(C)c1ccnc2c1C=CC2.CC(C)c1ccnc2ccccc12.CC(C)c1cnn2ccccc12.CC(C)c1cnn2cnccc12.CC(C)n1cnc2ccccc21. The molecule has 14 rings (SSSR count). The number of ketones is 1. The molecule has 0 spiro atoms. The molecule has 0 radical (unpaired) electrons. The van der Waals surface area contributed by atoms with Crippen LogP contribution in [0.1, 0.15) is 202 Å². The van der Waals surface area contributed by atoms with Crippen LogP contribution in [0.15, 0.2) is 171 Å².